The Morgan fingerprint density at radius 1 is 1.12 bits per heavy atom. The van der Waals surface area contributed by atoms with Crippen molar-refractivity contribution in [3.8, 4) is 0 Å². The molecular formula is C18H14Cl3N3O. The number of amides is 1. The monoisotopic (exact) mass is 393 g/mol. The lowest BCUT2D eigenvalue weighted by atomic mass is 10.2. The van der Waals surface area contributed by atoms with Gasteiger partial charge in [-0.25, -0.2) is 0 Å². The average Bonchev–Trinajstić information content (AvgIpc) is 2.89. The molecule has 0 aliphatic carbocycles. The number of aryl methyl sites for hydroxylation is 1. The van der Waals surface area contributed by atoms with Gasteiger partial charge in [0.2, 0.25) is 0 Å². The van der Waals surface area contributed by atoms with Gasteiger partial charge in [-0.3, -0.25) is 9.48 Å². The Labute approximate surface area is 160 Å². The second-order valence-electron chi connectivity index (χ2n) is 5.51. The van der Waals surface area contributed by atoms with E-state index < -0.39 is 0 Å². The molecule has 4 nitrogen and oxygen atoms in total. The van der Waals surface area contributed by atoms with Crippen LogP contribution >= 0.6 is 34.8 Å². The Morgan fingerprint density at radius 2 is 1.88 bits per heavy atom. The third kappa shape index (κ3) is 4.15. The van der Waals surface area contributed by atoms with Gasteiger partial charge in [0.15, 0.2) is 5.82 Å². The molecule has 0 atom stereocenters. The SMILES string of the molecule is Cc1cc(NC(=O)c2cccc(Cl)c2Cl)nn1Cc1cccc(Cl)c1. The first-order chi connectivity index (χ1) is 11.9. The van der Waals surface area contributed by atoms with E-state index in [0.717, 1.165) is 11.3 Å². The molecular weight excluding hydrogens is 381 g/mol. The van der Waals surface area contributed by atoms with Crippen LogP contribution in [-0.2, 0) is 6.54 Å². The molecule has 0 saturated heterocycles. The van der Waals surface area contributed by atoms with E-state index >= 15 is 0 Å². The minimum Gasteiger partial charge on any atom is -0.305 e. The first-order valence-electron chi connectivity index (χ1n) is 7.48. The van der Waals surface area contributed by atoms with Crippen LogP contribution in [-0.4, -0.2) is 15.7 Å². The maximum absolute atomic E-state index is 12.4. The molecule has 2 aromatic carbocycles. The predicted molar refractivity (Wildman–Crippen MR) is 102 cm³/mol. The van der Waals surface area contributed by atoms with Crippen molar-refractivity contribution in [1.82, 2.24) is 9.78 Å². The van der Waals surface area contributed by atoms with Gasteiger partial charge in [0.25, 0.3) is 5.91 Å². The first-order valence-corrected chi connectivity index (χ1v) is 8.61. The van der Waals surface area contributed by atoms with E-state index in [1.807, 2.05) is 31.2 Å². The summed E-state index contributed by atoms with van der Waals surface area (Å²) in [6.45, 7) is 2.47. The minimum atomic E-state index is -0.361. The van der Waals surface area contributed by atoms with Crippen LogP contribution < -0.4 is 5.32 Å². The van der Waals surface area contributed by atoms with E-state index in [4.69, 9.17) is 34.8 Å². The number of halogens is 3. The van der Waals surface area contributed by atoms with Crippen LogP contribution in [0.4, 0.5) is 5.82 Å². The molecule has 128 valence electrons. The highest BCUT2D eigenvalue weighted by Crippen LogP contribution is 2.26. The summed E-state index contributed by atoms with van der Waals surface area (Å²) >= 11 is 18.0. The van der Waals surface area contributed by atoms with Gasteiger partial charge in [0.05, 0.1) is 22.2 Å². The van der Waals surface area contributed by atoms with Crippen molar-refractivity contribution in [2.75, 3.05) is 5.32 Å². The predicted octanol–water partition coefficient (Wildman–Crippen LogP) is 5.45. The lowest BCUT2D eigenvalue weighted by Crippen LogP contribution is -2.13. The molecule has 1 amide bonds. The molecule has 0 fully saturated rings. The molecule has 0 radical (unpaired) electrons. The fourth-order valence-corrected chi connectivity index (χ4v) is 3.00. The van der Waals surface area contributed by atoms with E-state index in [0.29, 0.717) is 28.0 Å². The summed E-state index contributed by atoms with van der Waals surface area (Å²) in [7, 11) is 0. The molecule has 1 heterocycles. The Kier molecular flexibility index (Phi) is 5.33. The third-order valence-corrected chi connectivity index (χ3v) is 4.69. The highest BCUT2D eigenvalue weighted by Gasteiger charge is 2.15. The number of anilines is 1. The number of hydrogen-bond acceptors (Lipinski definition) is 2. The van der Waals surface area contributed by atoms with Gasteiger partial charge in [-0.15, -0.1) is 0 Å². The molecule has 25 heavy (non-hydrogen) atoms. The standard InChI is InChI=1S/C18H14Cl3N3O/c1-11-8-16(22-18(25)14-6-3-7-15(20)17(14)21)23-24(11)10-12-4-2-5-13(19)9-12/h2-9H,10H2,1H3,(H,22,23,25). The van der Waals surface area contributed by atoms with Crippen molar-refractivity contribution in [1.29, 1.82) is 0 Å². The Hall–Kier alpha value is -2.01. The topological polar surface area (TPSA) is 46.9 Å². The fourth-order valence-electron chi connectivity index (χ4n) is 2.40. The van der Waals surface area contributed by atoms with Gasteiger partial charge >= 0.3 is 0 Å². The Morgan fingerprint density at radius 3 is 2.64 bits per heavy atom. The summed E-state index contributed by atoms with van der Waals surface area (Å²) in [5.74, 6) is 0.0838. The van der Waals surface area contributed by atoms with Gasteiger partial charge in [-0.2, -0.15) is 5.10 Å². The Bertz CT molecular complexity index is 937. The van der Waals surface area contributed by atoms with E-state index in [9.17, 15) is 4.79 Å². The summed E-state index contributed by atoms with van der Waals surface area (Å²) in [5.41, 5.74) is 2.23. The van der Waals surface area contributed by atoms with Gasteiger partial charge in [-0.1, -0.05) is 53.0 Å². The number of carbonyl (C=O) groups is 1. The van der Waals surface area contributed by atoms with Crippen LogP contribution in [0.5, 0.6) is 0 Å². The van der Waals surface area contributed by atoms with Crippen LogP contribution in [0.3, 0.4) is 0 Å². The smallest absolute Gasteiger partial charge is 0.258 e. The van der Waals surface area contributed by atoms with Crippen molar-refractivity contribution in [2.45, 2.75) is 13.5 Å². The quantitative estimate of drug-likeness (QED) is 0.639. The zero-order valence-electron chi connectivity index (χ0n) is 13.3. The summed E-state index contributed by atoms with van der Waals surface area (Å²) < 4.78 is 1.79. The van der Waals surface area contributed by atoms with Crippen LogP contribution in [0.2, 0.25) is 15.1 Å². The van der Waals surface area contributed by atoms with Gasteiger partial charge in [0, 0.05) is 16.8 Å². The van der Waals surface area contributed by atoms with E-state index in [1.165, 1.54) is 0 Å². The number of hydrogen-bond donors (Lipinski definition) is 1. The largest absolute Gasteiger partial charge is 0.305 e. The third-order valence-electron chi connectivity index (χ3n) is 3.64. The lowest BCUT2D eigenvalue weighted by molar-refractivity contribution is 0.102. The average molecular weight is 395 g/mol. The van der Waals surface area contributed by atoms with Crippen molar-refractivity contribution in [3.63, 3.8) is 0 Å². The molecule has 1 N–H and O–H groups in total. The lowest BCUT2D eigenvalue weighted by Gasteiger charge is -2.06. The van der Waals surface area contributed by atoms with Gasteiger partial charge in [0.1, 0.15) is 0 Å². The second-order valence-corrected chi connectivity index (χ2v) is 6.74. The number of carbonyl (C=O) groups excluding carboxylic acids is 1. The Balaban J connectivity index is 1.78. The van der Waals surface area contributed by atoms with Crippen molar-refractivity contribution >= 4 is 46.5 Å². The maximum atomic E-state index is 12.4. The summed E-state index contributed by atoms with van der Waals surface area (Å²) in [5, 5.41) is 8.38. The van der Waals surface area contributed by atoms with Gasteiger partial charge in [-0.05, 0) is 36.8 Å². The second kappa shape index (κ2) is 7.48. The van der Waals surface area contributed by atoms with Crippen molar-refractivity contribution in [3.05, 3.63) is 80.4 Å². The molecule has 0 aliphatic heterocycles. The number of nitrogens with one attached hydrogen (secondary N) is 1. The number of nitrogens with zero attached hydrogens (tertiary/aromatic N) is 2. The number of aromatic nitrogens is 2. The zero-order chi connectivity index (χ0) is 18.0. The van der Waals surface area contributed by atoms with Crippen molar-refractivity contribution in [2.24, 2.45) is 0 Å². The number of rotatable bonds is 4. The summed E-state index contributed by atoms with van der Waals surface area (Å²) in [4.78, 5) is 12.4. The summed E-state index contributed by atoms with van der Waals surface area (Å²) in [6.07, 6.45) is 0. The maximum Gasteiger partial charge on any atom is 0.258 e. The molecule has 1 aromatic heterocycles. The van der Waals surface area contributed by atoms with E-state index in [-0.39, 0.29) is 10.9 Å². The first kappa shape index (κ1) is 17.8. The molecule has 0 spiro atoms. The van der Waals surface area contributed by atoms with E-state index in [2.05, 4.69) is 10.4 Å². The summed E-state index contributed by atoms with van der Waals surface area (Å²) in [6, 6.07) is 14.3. The normalized spacial score (nSPS) is 10.7. The molecule has 0 unspecified atom stereocenters. The molecule has 0 aliphatic rings. The van der Waals surface area contributed by atoms with Crippen LogP contribution in [0.1, 0.15) is 21.6 Å². The molecule has 3 aromatic rings. The van der Waals surface area contributed by atoms with Crippen molar-refractivity contribution < 1.29 is 4.79 Å². The number of benzene rings is 2. The fraction of sp³-hybridized carbons (Fsp3) is 0.111. The van der Waals surface area contributed by atoms with E-state index in [1.54, 1.807) is 28.9 Å². The highest BCUT2D eigenvalue weighted by atomic mass is 35.5. The van der Waals surface area contributed by atoms with Crippen LogP contribution in [0.25, 0.3) is 0 Å². The zero-order valence-corrected chi connectivity index (χ0v) is 15.5. The van der Waals surface area contributed by atoms with Crippen LogP contribution in [0, 0.1) is 6.92 Å². The highest BCUT2D eigenvalue weighted by molar-refractivity contribution is 6.44. The molecule has 3 rings (SSSR count). The molecule has 0 bridgehead atoms. The van der Waals surface area contributed by atoms with Gasteiger partial charge < -0.3 is 5.32 Å². The molecule has 7 heteroatoms. The molecule has 0 saturated carbocycles. The minimum absolute atomic E-state index is 0.219. The van der Waals surface area contributed by atoms with Crippen LogP contribution in [0.15, 0.2) is 48.5 Å².